The van der Waals surface area contributed by atoms with Gasteiger partial charge in [0.2, 0.25) is 5.91 Å². The van der Waals surface area contributed by atoms with Gasteiger partial charge in [-0.2, -0.15) is 0 Å². The van der Waals surface area contributed by atoms with Crippen LogP contribution in [-0.2, 0) is 16.0 Å². The topological polar surface area (TPSA) is 29.5 Å². The smallest absolute Gasteiger partial charge is 0.227 e. The van der Waals surface area contributed by atoms with Crippen LogP contribution in [0, 0.1) is 11.2 Å². The number of hydrogen-bond donors (Lipinski definition) is 0. The Morgan fingerprint density at radius 3 is 2.76 bits per heavy atom. The minimum absolute atomic E-state index is 0.0227. The number of carbonyl (C=O) groups excluding carboxylic acids is 1. The Balaban J connectivity index is 1.90. The molecule has 5 heteroatoms. The monoisotopic (exact) mass is 355 g/mol. The molecule has 0 aliphatic carbocycles. The number of aryl methyl sites for hydroxylation is 1. The number of alkyl halides is 1. The van der Waals surface area contributed by atoms with Crippen LogP contribution in [0.2, 0.25) is 0 Å². The molecule has 1 fully saturated rings. The molecular formula is C16H19BrFNO2. The second-order valence-electron chi connectivity index (χ2n) is 6.00. The molecule has 0 saturated carbocycles. The highest BCUT2D eigenvalue weighted by Gasteiger charge is 2.37. The molecule has 1 aromatic carbocycles. The highest BCUT2D eigenvalue weighted by Crippen LogP contribution is 2.37. The first kappa shape index (κ1) is 15.0. The molecule has 0 unspecified atom stereocenters. The van der Waals surface area contributed by atoms with E-state index in [1.54, 1.807) is 11.0 Å². The lowest BCUT2D eigenvalue weighted by Gasteiger charge is -2.41. The Morgan fingerprint density at radius 1 is 1.29 bits per heavy atom. The Morgan fingerprint density at radius 2 is 2.05 bits per heavy atom. The highest BCUT2D eigenvalue weighted by molar-refractivity contribution is 9.09. The zero-order valence-electron chi connectivity index (χ0n) is 11.9. The van der Waals surface area contributed by atoms with Gasteiger partial charge in [0.15, 0.2) is 0 Å². The number of benzene rings is 1. The maximum absolute atomic E-state index is 13.6. The van der Waals surface area contributed by atoms with Crippen molar-refractivity contribution in [3.8, 4) is 0 Å². The van der Waals surface area contributed by atoms with E-state index in [1.165, 1.54) is 12.1 Å². The lowest BCUT2D eigenvalue weighted by molar-refractivity contribution is -0.119. The van der Waals surface area contributed by atoms with Crippen LogP contribution in [0.25, 0.3) is 0 Å². The van der Waals surface area contributed by atoms with Gasteiger partial charge < -0.3 is 9.64 Å². The van der Waals surface area contributed by atoms with Crippen LogP contribution in [0.5, 0.6) is 0 Å². The number of carbonyl (C=O) groups is 1. The van der Waals surface area contributed by atoms with Gasteiger partial charge in [-0.1, -0.05) is 22.0 Å². The molecule has 1 amide bonds. The quantitative estimate of drug-likeness (QED) is 0.778. The van der Waals surface area contributed by atoms with Gasteiger partial charge in [-0.25, -0.2) is 4.39 Å². The number of fused-ring (bicyclic) bond motifs is 1. The number of nitrogens with zero attached hydrogens (tertiary/aromatic N) is 1. The van der Waals surface area contributed by atoms with Crippen LogP contribution >= 0.6 is 15.9 Å². The van der Waals surface area contributed by atoms with Crippen LogP contribution in [0.4, 0.5) is 10.1 Å². The first-order valence-electron chi connectivity index (χ1n) is 7.36. The van der Waals surface area contributed by atoms with Crippen molar-refractivity contribution in [3.63, 3.8) is 0 Å². The number of anilines is 1. The molecular weight excluding hydrogens is 337 g/mol. The van der Waals surface area contributed by atoms with E-state index in [9.17, 15) is 9.18 Å². The highest BCUT2D eigenvalue weighted by atomic mass is 79.9. The second-order valence-corrected chi connectivity index (χ2v) is 6.56. The molecule has 0 aromatic heterocycles. The normalized spacial score (nSPS) is 21.2. The van der Waals surface area contributed by atoms with E-state index in [2.05, 4.69) is 15.9 Å². The van der Waals surface area contributed by atoms with Gasteiger partial charge in [-0.3, -0.25) is 4.79 Å². The number of hydrogen-bond acceptors (Lipinski definition) is 2. The summed E-state index contributed by atoms with van der Waals surface area (Å²) in [7, 11) is 0. The number of ether oxygens (including phenoxy) is 1. The van der Waals surface area contributed by atoms with Crippen LogP contribution < -0.4 is 4.90 Å². The molecule has 2 aliphatic heterocycles. The summed E-state index contributed by atoms with van der Waals surface area (Å²) in [6.07, 6.45) is 3.06. The summed E-state index contributed by atoms with van der Waals surface area (Å²) < 4.78 is 19.0. The SMILES string of the molecule is O=C1CCc2ccc(F)cc2N1CC1(CBr)CCOCC1. The van der Waals surface area contributed by atoms with Gasteiger partial charge in [-0.05, 0) is 37.0 Å². The summed E-state index contributed by atoms with van der Waals surface area (Å²) in [5.41, 5.74) is 1.83. The first-order chi connectivity index (χ1) is 10.1. The fourth-order valence-electron chi connectivity index (χ4n) is 3.16. The zero-order chi connectivity index (χ0) is 14.9. The van der Waals surface area contributed by atoms with E-state index in [0.29, 0.717) is 19.4 Å². The molecule has 1 aromatic rings. The van der Waals surface area contributed by atoms with Crippen LogP contribution in [-0.4, -0.2) is 31.0 Å². The van der Waals surface area contributed by atoms with Crippen LogP contribution in [0.1, 0.15) is 24.8 Å². The minimum atomic E-state index is -0.284. The molecule has 0 radical (unpaired) electrons. The second kappa shape index (κ2) is 6.05. The fraction of sp³-hybridized carbons (Fsp3) is 0.562. The summed E-state index contributed by atoms with van der Waals surface area (Å²) in [5, 5.41) is 0.831. The summed E-state index contributed by atoms with van der Waals surface area (Å²) in [6, 6.07) is 4.77. The molecule has 0 atom stereocenters. The van der Waals surface area contributed by atoms with E-state index < -0.39 is 0 Å². The van der Waals surface area contributed by atoms with Gasteiger partial charge in [-0.15, -0.1) is 0 Å². The van der Waals surface area contributed by atoms with Crippen LogP contribution in [0.3, 0.4) is 0 Å². The van der Waals surface area contributed by atoms with Gasteiger partial charge in [0.25, 0.3) is 0 Å². The molecule has 3 rings (SSSR count). The largest absolute Gasteiger partial charge is 0.381 e. The van der Waals surface area contributed by atoms with E-state index in [0.717, 1.165) is 42.6 Å². The summed E-state index contributed by atoms with van der Waals surface area (Å²) >= 11 is 3.60. The molecule has 0 bridgehead atoms. The Labute approximate surface area is 132 Å². The summed E-state index contributed by atoms with van der Waals surface area (Å²) in [5.74, 6) is -0.187. The van der Waals surface area contributed by atoms with Crippen molar-refractivity contribution in [2.45, 2.75) is 25.7 Å². The molecule has 114 valence electrons. The third-order valence-electron chi connectivity index (χ3n) is 4.58. The van der Waals surface area contributed by atoms with E-state index in [4.69, 9.17) is 4.74 Å². The first-order valence-corrected chi connectivity index (χ1v) is 8.48. The average molecular weight is 356 g/mol. The Bertz CT molecular complexity index is 543. The van der Waals surface area contributed by atoms with Gasteiger partial charge in [0, 0.05) is 42.6 Å². The molecule has 2 aliphatic rings. The number of halogens is 2. The molecule has 3 nitrogen and oxygen atoms in total. The molecule has 2 heterocycles. The van der Waals surface area contributed by atoms with Crippen molar-refractivity contribution >= 4 is 27.5 Å². The Hall–Kier alpha value is -0.940. The summed E-state index contributed by atoms with van der Waals surface area (Å²) in [4.78, 5) is 14.1. The van der Waals surface area contributed by atoms with Crippen molar-refractivity contribution in [1.29, 1.82) is 0 Å². The predicted molar refractivity (Wildman–Crippen MR) is 83.4 cm³/mol. The minimum Gasteiger partial charge on any atom is -0.381 e. The van der Waals surface area contributed by atoms with E-state index in [-0.39, 0.29) is 17.1 Å². The standard InChI is InChI=1S/C16H19BrFNO2/c17-10-16(5-7-21-8-6-16)11-19-14-9-13(18)3-1-12(14)2-4-15(19)20/h1,3,9H,2,4-8,10-11H2. The van der Waals surface area contributed by atoms with Gasteiger partial charge >= 0.3 is 0 Å². The van der Waals surface area contributed by atoms with Gasteiger partial charge in [0.1, 0.15) is 5.82 Å². The van der Waals surface area contributed by atoms with Crippen LogP contribution in [0.15, 0.2) is 18.2 Å². The number of rotatable bonds is 3. The Kier molecular flexibility index (Phi) is 4.31. The van der Waals surface area contributed by atoms with Crippen molar-refractivity contribution < 1.29 is 13.9 Å². The lowest BCUT2D eigenvalue weighted by Crippen LogP contribution is -2.47. The van der Waals surface area contributed by atoms with Crippen molar-refractivity contribution in [2.75, 3.05) is 30.0 Å². The zero-order valence-corrected chi connectivity index (χ0v) is 13.5. The third-order valence-corrected chi connectivity index (χ3v) is 5.77. The average Bonchev–Trinajstić information content (AvgIpc) is 2.51. The fourth-order valence-corrected chi connectivity index (χ4v) is 3.90. The third kappa shape index (κ3) is 2.99. The van der Waals surface area contributed by atoms with E-state index in [1.807, 2.05) is 0 Å². The van der Waals surface area contributed by atoms with Crippen molar-refractivity contribution in [1.82, 2.24) is 0 Å². The van der Waals surface area contributed by atoms with Crippen molar-refractivity contribution in [2.24, 2.45) is 5.41 Å². The van der Waals surface area contributed by atoms with E-state index >= 15 is 0 Å². The molecule has 21 heavy (non-hydrogen) atoms. The van der Waals surface area contributed by atoms with Gasteiger partial charge in [0.05, 0.1) is 0 Å². The molecule has 0 N–H and O–H groups in total. The number of amides is 1. The van der Waals surface area contributed by atoms with Crippen molar-refractivity contribution in [3.05, 3.63) is 29.6 Å². The predicted octanol–water partition coefficient (Wildman–Crippen LogP) is 3.30. The molecule has 1 saturated heterocycles. The maximum atomic E-state index is 13.6. The lowest BCUT2D eigenvalue weighted by atomic mass is 9.81. The molecule has 0 spiro atoms. The maximum Gasteiger partial charge on any atom is 0.227 e. The summed E-state index contributed by atoms with van der Waals surface area (Å²) in [6.45, 7) is 2.09.